The minimum atomic E-state index is -0.428. The SMILES string of the molecule is C=CCOc1ccc(Br)c(C=NNC(=O)CNC(=O)c2cccc(C)c2)c1. The Kier molecular flexibility index (Phi) is 7.76. The molecule has 0 aliphatic heterocycles. The van der Waals surface area contributed by atoms with Crippen LogP contribution in [0.5, 0.6) is 5.75 Å². The lowest BCUT2D eigenvalue weighted by molar-refractivity contribution is -0.120. The third-order valence-corrected chi connectivity index (χ3v) is 4.14. The van der Waals surface area contributed by atoms with Crippen molar-refractivity contribution >= 4 is 34.0 Å². The van der Waals surface area contributed by atoms with Crippen LogP contribution in [0.3, 0.4) is 0 Å². The van der Waals surface area contributed by atoms with Crippen molar-refractivity contribution in [1.29, 1.82) is 0 Å². The number of hydrazone groups is 1. The Morgan fingerprint density at radius 2 is 2.07 bits per heavy atom. The maximum Gasteiger partial charge on any atom is 0.259 e. The molecule has 0 aliphatic carbocycles. The Labute approximate surface area is 166 Å². The zero-order valence-corrected chi connectivity index (χ0v) is 16.5. The molecule has 0 aromatic heterocycles. The molecule has 0 fully saturated rings. The Morgan fingerprint density at radius 1 is 1.26 bits per heavy atom. The highest BCUT2D eigenvalue weighted by atomic mass is 79.9. The van der Waals surface area contributed by atoms with E-state index in [4.69, 9.17) is 4.74 Å². The van der Waals surface area contributed by atoms with Gasteiger partial charge in [-0.15, -0.1) is 0 Å². The van der Waals surface area contributed by atoms with Gasteiger partial charge in [0.05, 0.1) is 12.8 Å². The Balaban J connectivity index is 1.86. The van der Waals surface area contributed by atoms with Crippen LogP contribution in [0.1, 0.15) is 21.5 Å². The lowest BCUT2D eigenvalue weighted by atomic mass is 10.1. The van der Waals surface area contributed by atoms with Crippen LogP contribution >= 0.6 is 15.9 Å². The number of amides is 2. The van der Waals surface area contributed by atoms with Crippen molar-refractivity contribution in [3.8, 4) is 5.75 Å². The quantitative estimate of drug-likeness (QED) is 0.384. The second kappa shape index (κ2) is 10.3. The van der Waals surface area contributed by atoms with Gasteiger partial charge in [0.2, 0.25) is 0 Å². The molecule has 0 atom stereocenters. The van der Waals surface area contributed by atoms with E-state index in [0.29, 0.717) is 17.9 Å². The van der Waals surface area contributed by atoms with Gasteiger partial charge >= 0.3 is 0 Å². The number of nitrogens with zero attached hydrogens (tertiary/aromatic N) is 1. The average Bonchev–Trinajstić information content (AvgIpc) is 2.66. The number of nitrogens with one attached hydrogen (secondary N) is 2. The van der Waals surface area contributed by atoms with Crippen LogP contribution < -0.4 is 15.5 Å². The first-order valence-corrected chi connectivity index (χ1v) is 8.99. The average molecular weight is 430 g/mol. The summed E-state index contributed by atoms with van der Waals surface area (Å²) in [6.07, 6.45) is 3.15. The van der Waals surface area contributed by atoms with Crippen LogP contribution in [0.2, 0.25) is 0 Å². The number of hydrogen-bond donors (Lipinski definition) is 2. The molecule has 0 heterocycles. The smallest absolute Gasteiger partial charge is 0.259 e. The van der Waals surface area contributed by atoms with E-state index >= 15 is 0 Å². The maximum atomic E-state index is 12.0. The molecule has 0 saturated heterocycles. The van der Waals surface area contributed by atoms with Crippen molar-refractivity contribution in [3.63, 3.8) is 0 Å². The van der Waals surface area contributed by atoms with E-state index < -0.39 is 5.91 Å². The van der Waals surface area contributed by atoms with Crippen molar-refractivity contribution in [2.75, 3.05) is 13.2 Å². The number of halogens is 1. The van der Waals surface area contributed by atoms with E-state index in [9.17, 15) is 9.59 Å². The molecule has 7 heteroatoms. The van der Waals surface area contributed by atoms with Gasteiger partial charge in [-0.1, -0.05) is 46.3 Å². The topological polar surface area (TPSA) is 79.8 Å². The monoisotopic (exact) mass is 429 g/mol. The fourth-order valence-electron chi connectivity index (χ4n) is 2.13. The number of ether oxygens (including phenoxy) is 1. The van der Waals surface area contributed by atoms with Gasteiger partial charge in [0, 0.05) is 15.6 Å². The molecule has 0 aliphatic rings. The molecule has 27 heavy (non-hydrogen) atoms. The van der Waals surface area contributed by atoms with Gasteiger partial charge < -0.3 is 10.1 Å². The van der Waals surface area contributed by atoms with Crippen molar-refractivity contribution < 1.29 is 14.3 Å². The normalized spacial score (nSPS) is 10.4. The number of aryl methyl sites for hydroxylation is 1. The first-order chi connectivity index (χ1) is 13.0. The second-order valence-corrected chi connectivity index (χ2v) is 6.48. The summed E-state index contributed by atoms with van der Waals surface area (Å²) in [7, 11) is 0. The second-order valence-electron chi connectivity index (χ2n) is 5.63. The Morgan fingerprint density at radius 3 is 2.81 bits per heavy atom. The highest BCUT2D eigenvalue weighted by molar-refractivity contribution is 9.10. The van der Waals surface area contributed by atoms with Gasteiger partial charge in [0.25, 0.3) is 11.8 Å². The Hall–Kier alpha value is -2.93. The summed E-state index contributed by atoms with van der Waals surface area (Å²) >= 11 is 3.41. The predicted octanol–water partition coefficient (Wildman–Crippen LogP) is 3.20. The minimum Gasteiger partial charge on any atom is -0.490 e. The molecule has 2 N–H and O–H groups in total. The molecule has 2 amide bonds. The van der Waals surface area contributed by atoms with Crippen LogP contribution in [0.15, 0.2) is 64.7 Å². The summed E-state index contributed by atoms with van der Waals surface area (Å²) < 4.78 is 6.26. The largest absolute Gasteiger partial charge is 0.490 e. The molecule has 2 aromatic carbocycles. The first kappa shape index (κ1) is 20.4. The fourth-order valence-corrected chi connectivity index (χ4v) is 2.48. The number of carbonyl (C=O) groups excluding carboxylic acids is 2. The lowest BCUT2D eigenvalue weighted by Gasteiger charge is -2.06. The molecule has 6 nitrogen and oxygen atoms in total. The molecule has 2 rings (SSSR count). The van der Waals surface area contributed by atoms with Gasteiger partial charge in [-0.25, -0.2) is 5.43 Å². The van der Waals surface area contributed by atoms with E-state index in [1.165, 1.54) is 6.21 Å². The van der Waals surface area contributed by atoms with E-state index in [0.717, 1.165) is 15.6 Å². The number of carbonyl (C=O) groups is 2. The summed E-state index contributed by atoms with van der Waals surface area (Å²) in [5, 5.41) is 6.46. The first-order valence-electron chi connectivity index (χ1n) is 8.19. The molecule has 0 unspecified atom stereocenters. The maximum absolute atomic E-state index is 12.0. The summed E-state index contributed by atoms with van der Waals surface area (Å²) in [5.41, 5.74) is 4.59. The standard InChI is InChI=1S/C20H20BrN3O3/c1-3-9-27-17-7-8-18(21)16(11-17)12-23-24-19(25)13-22-20(26)15-6-4-5-14(2)10-15/h3-8,10-12H,1,9,13H2,2H3,(H,22,26)(H,24,25). The van der Waals surface area contributed by atoms with Crippen LogP contribution in [0, 0.1) is 6.92 Å². The molecule has 140 valence electrons. The summed E-state index contributed by atoms with van der Waals surface area (Å²) in [6.45, 7) is 5.72. The van der Waals surface area contributed by atoms with Crippen LogP contribution in [-0.4, -0.2) is 31.2 Å². The molecule has 0 radical (unpaired) electrons. The molecule has 2 aromatic rings. The molecular weight excluding hydrogens is 410 g/mol. The van der Waals surface area contributed by atoms with Gasteiger partial charge in [0.15, 0.2) is 0 Å². The van der Waals surface area contributed by atoms with Crippen molar-refractivity contribution in [2.45, 2.75) is 6.92 Å². The summed E-state index contributed by atoms with van der Waals surface area (Å²) in [4.78, 5) is 23.9. The van der Waals surface area contributed by atoms with Crippen molar-refractivity contribution in [2.24, 2.45) is 5.10 Å². The molecule has 0 bridgehead atoms. The third-order valence-electron chi connectivity index (χ3n) is 3.42. The Bertz CT molecular complexity index is 865. The molecular formula is C20H20BrN3O3. The van der Waals surface area contributed by atoms with Gasteiger partial charge in [-0.2, -0.15) is 5.10 Å². The van der Waals surface area contributed by atoms with Crippen LogP contribution in [-0.2, 0) is 4.79 Å². The van der Waals surface area contributed by atoms with Crippen LogP contribution in [0.25, 0.3) is 0 Å². The minimum absolute atomic E-state index is 0.173. The zero-order chi connectivity index (χ0) is 19.6. The van der Waals surface area contributed by atoms with Crippen molar-refractivity contribution in [1.82, 2.24) is 10.7 Å². The van der Waals surface area contributed by atoms with E-state index in [-0.39, 0.29) is 12.5 Å². The summed E-state index contributed by atoms with van der Waals surface area (Å²) in [6, 6.07) is 12.5. The van der Waals surface area contributed by atoms with E-state index in [2.05, 4.69) is 38.4 Å². The highest BCUT2D eigenvalue weighted by Gasteiger charge is 2.07. The number of hydrogen-bond acceptors (Lipinski definition) is 4. The number of rotatable bonds is 8. The molecule has 0 saturated carbocycles. The zero-order valence-electron chi connectivity index (χ0n) is 14.9. The third kappa shape index (κ3) is 6.71. The lowest BCUT2D eigenvalue weighted by Crippen LogP contribution is -2.34. The van der Waals surface area contributed by atoms with E-state index in [1.807, 2.05) is 25.1 Å². The van der Waals surface area contributed by atoms with Crippen molar-refractivity contribution in [3.05, 3.63) is 76.3 Å². The van der Waals surface area contributed by atoms with Gasteiger partial charge in [-0.05, 0) is 37.3 Å². The van der Waals surface area contributed by atoms with E-state index in [1.54, 1.807) is 30.3 Å². The van der Waals surface area contributed by atoms with Crippen LogP contribution in [0.4, 0.5) is 0 Å². The summed E-state index contributed by atoms with van der Waals surface area (Å²) in [5.74, 6) is -0.0774. The predicted molar refractivity (Wildman–Crippen MR) is 109 cm³/mol. The highest BCUT2D eigenvalue weighted by Crippen LogP contribution is 2.21. The number of benzene rings is 2. The van der Waals surface area contributed by atoms with Gasteiger partial charge in [-0.3, -0.25) is 9.59 Å². The fraction of sp³-hybridized carbons (Fsp3) is 0.150. The molecule has 0 spiro atoms. The van der Waals surface area contributed by atoms with Gasteiger partial charge in [0.1, 0.15) is 12.4 Å².